The van der Waals surface area contributed by atoms with Gasteiger partial charge in [0.25, 0.3) is 0 Å². The molecule has 0 heterocycles. The number of amides is 1. The summed E-state index contributed by atoms with van der Waals surface area (Å²) in [5.41, 5.74) is -0.602. The quantitative estimate of drug-likeness (QED) is 0.411. The number of carbonyl (C=O) groups excluding carboxylic acids is 1. The molecule has 0 aliphatic heterocycles. The molecule has 0 aromatic heterocycles. The molecule has 0 radical (unpaired) electrons. The third kappa shape index (κ3) is 10.2. The lowest BCUT2D eigenvalue weighted by Gasteiger charge is -2.26. The highest BCUT2D eigenvalue weighted by molar-refractivity contribution is 7.52. The number of nitrogens with one attached hydrogen (secondary N) is 1. The van der Waals surface area contributed by atoms with Crippen molar-refractivity contribution < 1.29 is 28.4 Å². The lowest BCUT2D eigenvalue weighted by molar-refractivity contribution is 0.130. The van der Waals surface area contributed by atoms with Gasteiger partial charge in [-0.05, 0) is 26.7 Å². The molecule has 9 heteroatoms. The molecule has 0 spiro atoms. The molecule has 1 unspecified atom stereocenters. The van der Waals surface area contributed by atoms with E-state index < -0.39 is 19.2 Å². The van der Waals surface area contributed by atoms with Crippen molar-refractivity contribution in [3.8, 4) is 0 Å². The fourth-order valence-corrected chi connectivity index (χ4v) is 2.09. The second-order valence-corrected chi connectivity index (χ2v) is 6.94. The molecule has 0 saturated heterocycles. The molecule has 1 atom stereocenters. The third-order valence-electron chi connectivity index (χ3n) is 2.39. The first-order valence-corrected chi connectivity index (χ1v) is 8.21. The molecule has 0 aromatic rings. The van der Waals surface area contributed by atoms with Gasteiger partial charge in [-0.25, -0.2) is 10.7 Å². The Kier molecular flexibility index (Phi) is 9.00. The van der Waals surface area contributed by atoms with Gasteiger partial charge in [-0.15, -0.1) is 0 Å². The summed E-state index contributed by atoms with van der Waals surface area (Å²) in [5.74, 6) is 4.78. The largest absolute Gasteiger partial charge is 0.450 e. The van der Waals surface area contributed by atoms with Gasteiger partial charge in [0.1, 0.15) is 0 Å². The number of nitrogens with two attached hydrogens (primary N) is 1. The minimum absolute atomic E-state index is 0.0272. The number of ether oxygens (including phenoxy) is 1. The molecule has 0 rings (SSSR count). The Labute approximate surface area is 119 Å². The van der Waals surface area contributed by atoms with E-state index in [0.717, 1.165) is 6.42 Å². The van der Waals surface area contributed by atoms with Crippen LogP contribution in [0.4, 0.5) is 4.79 Å². The van der Waals surface area contributed by atoms with E-state index in [-0.39, 0.29) is 19.4 Å². The molecule has 0 bridgehead atoms. The molecule has 4 N–H and O–H groups in total. The third-order valence-corrected chi connectivity index (χ3v) is 3.72. The molecule has 0 aromatic carbocycles. The van der Waals surface area contributed by atoms with Gasteiger partial charge in [0.2, 0.25) is 0 Å². The Bertz CT molecular complexity index is 337. The zero-order valence-corrected chi connectivity index (χ0v) is 13.2. The van der Waals surface area contributed by atoms with Crippen molar-refractivity contribution in [1.82, 2.24) is 5.32 Å². The first-order valence-electron chi connectivity index (χ1n) is 6.45. The fourth-order valence-electron chi connectivity index (χ4n) is 1.25. The van der Waals surface area contributed by atoms with E-state index in [1.54, 1.807) is 13.8 Å². The molecule has 0 aliphatic carbocycles. The number of alkyl carbamates (subject to hydrolysis) is 1. The number of rotatable bonds is 10. The highest BCUT2D eigenvalue weighted by atomic mass is 31.2. The highest BCUT2D eigenvalue weighted by Gasteiger charge is 2.24. The first-order chi connectivity index (χ1) is 9.22. The van der Waals surface area contributed by atoms with Crippen molar-refractivity contribution in [2.24, 2.45) is 5.90 Å². The first kappa shape index (κ1) is 19.3. The summed E-state index contributed by atoms with van der Waals surface area (Å²) in [7, 11) is -3.70. The van der Waals surface area contributed by atoms with Crippen molar-refractivity contribution in [1.29, 1.82) is 0 Å². The summed E-state index contributed by atoms with van der Waals surface area (Å²) < 4.78 is 21.3. The number of carbonyl (C=O) groups is 1. The van der Waals surface area contributed by atoms with Crippen LogP contribution in [0.25, 0.3) is 0 Å². The minimum Gasteiger partial charge on any atom is -0.450 e. The molecule has 20 heavy (non-hydrogen) atoms. The van der Waals surface area contributed by atoms with E-state index >= 15 is 0 Å². The zero-order chi connectivity index (χ0) is 15.6. The maximum atomic E-state index is 11.5. The molecule has 1 amide bonds. The fraction of sp³-hybridized carbons (Fsp3) is 0.909. The van der Waals surface area contributed by atoms with E-state index in [1.807, 2.05) is 6.92 Å². The minimum atomic E-state index is -3.70. The lowest BCUT2D eigenvalue weighted by Crippen LogP contribution is -2.44. The Hall–Kier alpha value is -0.660. The molecule has 120 valence electrons. The van der Waals surface area contributed by atoms with Crippen LogP contribution in [0.1, 0.15) is 33.6 Å². The average Bonchev–Trinajstić information content (AvgIpc) is 2.32. The Morgan fingerprint density at radius 1 is 1.35 bits per heavy atom. The highest BCUT2D eigenvalue weighted by Crippen LogP contribution is 2.41. The molecular formula is C11H25N2O6P. The summed E-state index contributed by atoms with van der Waals surface area (Å²) >= 11 is 0. The SMILES string of the molecule is CCCOC(=O)NC(C)(C)CCOP(=O)(O)CCON. The second kappa shape index (κ2) is 9.31. The monoisotopic (exact) mass is 312 g/mol. The van der Waals surface area contributed by atoms with Gasteiger partial charge in [-0.1, -0.05) is 6.92 Å². The van der Waals surface area contributed by atoms with Crippen LogP contribution in [0.3, 0.4) is 0 Å². The van der Waals surface area contributed by atoms with Crippen molar-refractivity contribution >= 4 is 13.7 Å². The molecule has 0 fully saturated rings. The van der Waals surface area contributed by atoms with Gasteiger partial charge in [-0.2, -0.15) is 0 Å². The topological polar surface area (TPSA) is 120 Å². The van der Waals surface area contributed by atoms with Gasteiger partial charge >= 0.3 is 13.7 Å². The summed E-state index contributed by atoms with van der Waals surface area (Å²) in [4.78, 5) is 25.1. The number of hydrogen-bond acceptors (Lipinski definition) is 6. The molecule has 8 nitrogen and oxygen atoms in total. The van der Waals surface area contributed by atoms with Crippen molar-refractivity contribution in [3.05, 3.63) is 0 Å². The Morgan fingerprint density at radius 3 is 2.55 bits per heavy atom. The predicted octanol–water partition coefficient (Wildman–Crippen LogP) is 1.38. The second-order valence-electron chi connectivity index (χ2n) is 4.96. The number of hydrogen-bond donors (Lipinski definition) is 3. The van der Waals surface area contributed by atoms with Crippen LogP contribution >= 0.6 is 7.60 Å². The lowest BCUT2D eigenvalue weighted by atomic mass is 10.0. The average molecular weight is 312 g/mol. The van der Waals surface area contributed by atoms with Gasteiger partial charge in [-0.3, -0.25) is 4.57 Å². The van der Waals surface area contributed by atoms with Crippen LogP contribution in [-0.2, 0) is 18.7 Å². The summed E-state index contributed by atoms with van der Waals surface area (Å²) in [6, 6.07) is 0. The van der Waals surface area contributed by atoms with Crippen molar-refractivity contribution in [2.45, 2.75) is 39.2 Å². The van der Waals surface area contributed by atoms with Crippen LogP contribution in [0, 0.1) is 0 Å². The van der Waals surface area contributed by atoms with Gasteiger partial charge in [0.05, 0.1) is 26.0 Å². The zero-order valence-electron chi connectivity index (χ0n) is 12.3. The Morgan fingerprint density at radius 2 is 2.00 bits per heavy atom. The van der Waals surface area contributed by atoms with Crippen LogP contribution in [0.15, 0.2) is 0 Å². The van der Waals surface area contributed by atoms with E-state index in [2.05, 4.69) is 10.2 Å². The van der Waals surface area contributed by atoms with E-state index in [0.29, 0.717) is 13.0 Å². The normalized spacial score (nSPS) is 14.7. The maximum absolute atomic E-state index is 11.5. The maximum Gasteiger partial charge on any atom is 0.407 e. The molecule has 0 saturated carbocycles. The van der Waals surface area contributed by atoms with E-state index in [1.165, 1.54) is 0 Å². The van der Waals surface area contributed by atoms with Crippen LogP contribution in [0.2, 0.25) is 0 Å². The van der Waals surface area contributed by atoms with Crippen LogP contribution in [-0.4, -0.2) is 42.5 Å². The standard InChI is InChI=1S/C11H25N2O6P/c1-4-6-17-10(14)13-11(2,3)5-7-19-20(15,16)9-8-18-12/h4-9,12H2,1-3H3,(H,13,14)(H,15,16). The van der Waals surface area contributed by atoms with Crippen LogP contribution in [0.5, 0.6) is 0 Å². The summed E-state index contributed by atoms with van der Waals surface area (Å²) in [6.07, 6.45) is 0.423. The van der Waals surface area contributed by atoms with Crippen LogP contribution < -0.4 is 11.2 Å². The van der Waals surface area contributed by atoms with Gasteiger partial charge < -0.3 is 24.3 Å². The van der Waals surface area contributed by atoms with E-state index in [4.69, 9.17) is 15.2 Å². The Balaban J connectivity index is 4.03. The predicted molar refractivity (Wildman–Crippen MR) is 74.3 cm³/mol. The van der Waals surface area contributed by atoms with Gasteiger partial charge in [0, 0.05) is 5.54 Å². The molecular weight excluding hydrogens is 287 g/mol. The van der Waals surface area contributed by atoms with Crippen molar-refractivity contribution in [2.75, 3.05) is 26.0 Å². The summed E-state index contributed by atoms with van der Waals surface area (Å²) in [6.45, 7) is 5.77. The summed E-state index contributed by atoms with van der Waals surface area (Å²) in [5, 5.41) is 2.66. The van der Waals surface area contributed by atoms with Crippen molar-refractivity contribution in [3.63, 3.8) is 0 Å². The van der Waals surface area contributed by atoms with Gasteiger partial charge in [0.15, 0.2) is 0 Å². The van der Waals surface area contributed by atoms with E-state index in [9.17, 15) is 14.3 Å². The smallest absolute Gasteiger partial charge is 0.407 e. The molecule has 0 aliphatic rings.